The zero-order chi connectivity index (χ0) is 15.9. The first-order chi connectivity index (χ1) is 10.6. The average Bonchev–Trinajstić information content (AvgIpc) is 2.50. The molecule has 0 heterocycles. The topological polar surface area (TPSA) is 91.2 Å². The summed E-state index contributed by atoms with van der Waals surface area (Å²) in [7, 11) is 0. The molecular weight excluding hydrogens is 284 g/mol. The number of ether oxygens (including phenoxy) is 1. The molecule has 0 bridgehead atoms. The molecule has 6 nitrogen and oxygen atoms in total. The second kappa shape index (κ2) is 7.12. The van der Waals surface area contributed by atoms with Crippen LogP contribution in [0.25, 0.3) is 0 Å². The Hall–Kier alpha value is -3.02. The van der Waals surface area contributed by atoms with Gasteiger partial charge in [0.1, 0.15) is 17.2 Å². The van der Waals surface area contributed by atoms with Crippen LogP contribution in [0.1, 0.15) is 11.1 Å². The van der Waals surface area contributed by atoms with Gasteiger partial charge in [0, 0.05) is 5.56 Å². The number of hydrazone groups is 1. The third kappa shape index (κ3) is 4.24. The van der Waals surface area contributed by atoms with Gasteiger partial charge in [-0.1, -0.05) is 18.2 Å². The van der Waals surface area contributed by atoms with Gasteiger partial charge in [-0.15, -0.1) is 0 Å². The number of nitrogens with zero attached hydrogens (tertiary/aromatic N) is 1. The normalized spacial score (nSPS) is 10.6. The Morgan fingerprint density at radius 3 is 2.82 bits per heavy atom. The Labute approximate surface area is 127 Å². The number of amides is 1. The molecule has 114 valence electrons. The molecule has 0 atom stereocenters. The van der Waals surface area contributed by atoms with Gasteiger partial charge in [0.15, 0.2) is 6.61 Å². The number of carbonyl (C=O) groups excluding carboxylic acids is 1. The molecule has 0 unspecified atom stereocenters. The summed E-state index contributed by atoms with van der Waals surface area (Å²) in [6, 6.07) is 11.4. The second-order valence-corrected chi connectivity index (χ2v) is 4.59. The zero-order valence-electron chi connectivity index (χ0n) is 12.0. The molecule has 22 heavy (non-hydrogen) atoms. The fourth-order valence-electron chi connectivity index (χ4n) is 1.71. The molecule has 1 amide bonds. The van der Waals surface area contributed by atoms with Crippen molar-refractivity contribution in [1.29, 1.82) is 0 Å². The maximum Gasteiger partial charge on any atom is 0.277 e. The third-order valence-corrected chi connectivity index (χ3v) is 2.86. The molecule has 2 rings (SSSR count). The number of aryl methyl sites for hydroxylation is 1. The van der Waals surface area contributed by atoms with Gasteiger partial charge in [-0.25, -0.2) is 5.43 Å². The lowest BCUT2D eigenvalue weighted by atomic mass is 10.2. The number of hydrogen-bond acceptors (Lipinski definition) is 5. The minimum absolute atomic E-state index is 0.00605. The number of aromatic hydroxyl groups is 2. The Balaban J connectivity index is 1.86. The molecular formula is C16H16N2O4. The SMILES string of the molecule is Cc1ccccc1OCC(=O)N/N=C\c1cc(O)ccc1O. The standard InChI is InChI=1S/C16H16N2O4/c1-11-4-2-3-5-15(11)22-10-16(21)18-17-9-12-8-13(19)6-7-14(12)20/h2-9,19-20H,10H2,1H3,(H,18,21)/b17-9-. The second-order valence-electron chi connectivity index (χ2n) is 4.59. The van der Waals surface area contributed by atoms with Crippen molar-refractivity contribution in [2.24, 2.45) is 5.10 Å². The molecule has 0 radical (unpaired) electrons. The summed E-state index contributed by atoms with van der Waals surface area (Å²) in [5.74, 6) is 0.145. The quantitative estimate of drug-likeness (QED) is 0.447. The van der Waals surface area contributed by atoms with Crippen molar-refractivity contribution in [3.63, 3.8) is 0 Å². The fraction of sp³-hybridized carbons (Fsp3) is 0.125. The predicted molar refractivity (Wildman–Crippen MR) is 82.2 cm³/mol. The van der Waals surface area contributed by atoms with Gasteiger partial charge in [0.25, 0.3) is 5.91 Å². The van der Waals surface area contributed by atoms with E-state index in [0.717, 1.165) is 5.56 Å². The van der Waals surface area contributed by atoms with Crippen LogP contribution in [0.2, 0.25) is 0 Å². The largest absolute Gasteiger partial charge is 0.508 e. The highest BCUT2D eigenvalue weighted by Crippen LogP contribution is 2.20. The summed E-state index contributed by atoms with van der Waals surface area (Å²) in [5.41, 5.74) is 3.51. The van der Waals surface area contributed by atoms with E-state index >= 15 is 0 Å². The van der Waals surface area contributed by atoms with Crippen molar-refractivity contribution in [2.45, 2.75) is 6.92 Å². The van der Waals surface area contributed by atoms with E-state index < -0.39 is 5.91 Å². The molecule has 0 aliphatic heterocycles. The van der Waals surface area contributed by atoms with Crippen LogP contribution in [0.15, 0.2) is 47.6 Å². The van der Waals surface area contributed by atoms with Crippen LogP contribution in [0.5, 0.6) is 17.2 Å². The summed E-state index contributed by atoms with van der Waals surface area (Å²) < 4.78 is 5.37. The lowest BCUT2D eigenvalue weighted by Crippen LogP contribution is -2.24. The highest BCUT2D eigenvalue weighted by molar-refractivity contribution is 5.85. The highest BCUT2D eigenvalue weighted by atomic mass is 16.5. The number of rotatable bonds is 5. The predicted octanol–water partition coefficient (Wildman–Crippen LogP) is 1.94. The molecule has 2 aromatic carbocycles. The molecule has 2 aromatic rings. The van der Waals surface area contributed by atoms with E-state index in [4.69, 9.17) is 4.74 Å². The first-order valence-electron chi connectivity index (χ1n) is 6.58. The molecule has 0 aliphatic carbocycles. The molecule has 0 saturated carbocycles. The van der Waals surface area contributed by atoms with E-state index in [1.807, 2.05) is 25.1 Å². The van der Waals surface area contributed by atoms with Crippen LogP contribution in [0.3, 0.4) is 0 Å². The van der Waals surface area contributed by atoms with Gasteiger partial charge in [-0.05, 0) is 36.8 Å². The van der Waals surface area contributed by atoms with Gasteiger partial charge < -0.3 is 14.9 Å². The summed E-state index contributed by atoms with van der Waals surface area (Å²) in [6.07, 6.45) is 1.24. The van der Waals surface area contributed by atoms with Crippen molar-refractivity contribution in [2.75, 3.05) is 6.61 Å². The summed E-state index contributed by atoms with van der Waals surface area (Å²) in [4.78, 5) is 11.6. The number of hydrogen-bond donors (Lipinski definition) is 3. The number of carbonyl (C=O) groups is 1. The van der Waals surface area contributed by atoms with Crippen LogP contribution in [-0.4, -0.2) is 28.9 Å². The Kier molecular flexibility index (Phi) is 4.98. The monoisotopic (exact) mass is 300 g/mol. The number of nitrogens with one attached hydrogen (secondary N) is 1. The lowest BCUT2D eigenvalue weighted by Gasteiger charge is -2.07. The van der Waals surface area contributed by atoms with Gasteiger partial charge in [-0.2, -0.15) is 5.10 Å². The molecule has 0 aromatic heterocycles. The van der Waals surface area contributed by atoms with E-state index in [2.05, 4.69) is 10.5 Å². The average molecular weight is 300 g/mol. The number of phenolic OH excluding ortho intramolecular Hbond substituents is 2. The van der Waals surface area contributed by atoms with Crippen molar-refractivity contribution in [3.8, 4) is 17.2 Å². The van der Waals surface area contributed by atoms with Crippen LogP contribution in [-0.2, 0) is 4.79 Å². The van der Waals surface area contributed by atoms with Crippen molar-refractivity contribution < 1.29 is 19.7 Å². The van der Waals surface area contributed by atoms with Gasteiger partial charge in [-0.3, -0.25) is 4.79 Å². The fourth-order valence-corrected chi connectivity index (χ4v) is 1.71. The first kappa shape index (κ1) is 15.4. The summed E-state index contributed by atoms with van der Waals surface area (Å²) in [5, 5.41) is 22.5. The van der Waals surface area contributed by atoms with E-state index in [1.165, 1.54) is 24.4 Å². The Morgan fingerprint density at radius 1 is 1.27 bits per heavy atom. The minimum atomic E-state index is -0.431. The Bertz CT molecular complexity index is 698. The zero-order valence-corrected chi connectivity index (χ0v) is 12.0. The highest BCUT2D eigenvalue weighted by Gasteiger charge is 2.04. The van der Waals surface area contributed by atoms with Crippen molar-refractivity contribution in [1.82, 2.24) is 5.43 Å². The number of para-hydroxylation sites is 1. The molecule has 0 aliphatic rings. The van der Waals surface area contributed by atoms with Crippen LogP contribution >= 0.6 is 0 Å². The lowest BCUT2D eigenvalue weighted by molar-refractivity contribution is -0.123. The summed E-state index contributed by atoms with van der Waals surface area (Å²) in [6.45, 7) is 1.71. The minimum Gasteiger partial charge on any atom is -0.508 e. The van der Waals surface area contributed by atoms with Gasteiger partial charge in [0.05, 0.1) is 6.21 Å². The van der Waals surface area contributed by atoms with Crippen molar-refractivity contribution in [3.05, 3.63) is 53.6 Å². The van der Waals surface area contributed by atoms with E-state index in [0.29, 0.717) is 11.3 Å². The molecule has 0 saturated heterocycles. The van der Waals surface area contributed by atoms with Gasteiger partial charge in [0.2, 0.25) is 0 Å². The number of benzene rings is 2. The van der Waals surface area contributed by atoms with E-state index in [1.54, 1.807) is 6.07 Å². The molecule has 3 N–H and O–H groups in total. The van der Waals surface area contributed by atoms with Crippen LogP contribution in [0, 0.1) is 6.92 Å². The molecule has 0 spiro atoms. The first-order valence-corrected chi connectivity index (χ1v) is 6.58. The maximum absolute atomic E-state index is 11.6. The third-order valence-electron chi connectivity index (χ3n) is 2.86. The molecule has 6 heteroatoms. The summed E-state index contributed by atoms with van der Waals surface area (Å²) >= 11 is 0. The smallest absolute Gasteiger partial charge is 0.277 e. The van der Waals surface area contributed by atoms with Crippen LogP contribution in [0.4, 0.5) is 0 Å². The maximum atomic E-state index is 11.6. The molecule has 0 fully saturated rings. The van der Waals surface area contributed by atoms with E-state index in [9.17, 15) is 15.0 Å². The van der Waals surface area contributed by atoms with Crippen molar-refractivity contribution >= 4 is 12.1 Å². The van der Waals surface area contributed by atoms with Gasteiger partial charge >= 0.3 is 0 Å². The Morgan fingerprint density at radius 2 is 2.05 bits per heavy atom. The number of phenols is 2. The van der Waals surface area contributed by atoms with E-state index in [-0.39, 0.29) is 18.1 Å². The van der Waals surface area contributed by atoms with Crippen LogP contribution < -0.4 is 10.2 Å².